The summed E-state index contributed by atoms with van der Waals surface area (Å²) >= 11 is 5.80. The molecule has 1 heterocycles. The van der Waals surface area contributed by atoms with E-state index in [-0.39, 0.29) is 0 Å². The van der Waals surface area contributed by atoms with Crippen molar-refractivity contribution in [3.63, 3.8) is 0 Å². The summed E-state index contributed by atoms with van der Waals surface area (Å²) < 4.78 is 5.58. The summed E-state index contributed by atoms with van der Waals surface area (Å²) in [4.78, 5) is 8.30. The lowest BCUT2D eigenvalue weighted by atomic mass is 10.3. The third-order valence-corrected chi connectivity index (χ3v) is 2.59. The first kappa shape index (κ1) is 13.6. The van der Waals surface area contributed by atoms with Crippen LogP contribution in [-0.4, -0.2) is 23.1 Å². The van der Waals surface area contributed by atoms with Crippen molar-refractivity contribution in [1.82, 2.24) is 9.97 Å². The Balaban J connectivity index is 1.92. The minimum absolute atomic E-state index is 0.567. The zero-order chi connectivity index (χ0) is 13.5. The molecule has 0 atom stereocenters. The molecule has 6 heteroatoms. The van der Waals surface area contributed by atoms with Gasteiger partial charge >= 0.3 is 0 Å². The average molecular weight is 279 g/mol. The van der Waals surface area contributed by atoms with E-state index < -0.39 is 0 Å². The summed E-state index contributed by atoms with van der Waals surface area (Å²) in [6.45, 7) is 1.40. The van der Waals surface area contributed by atoms with Crippen LogP contribution in [-0.2, 0) is 0 Å². The molecule has 0 amide bonds. The summed E-state index contributed by atoms with van der Waals surface area (Å²) in [5.41, 5.74) is 5.40. The minimum atomic E-state index is 0.567. The Kier molecular flexibility index (Phi) is 4.94. The average Bonchev–Trinajstić information content (AvgIpc) is 2.44. The van der Waals surface area contributed by atoms with Gasteiger partial charge in [-0.3, -0.25) is 0 Å². The molecular weight excluding hydrogens is 264 g/mol. The van der Waals surface area contributed by atoms with Gasteiger partial charge in [0.2, 0.25) is 5.95 Å². The van der Waals surface area contributed by atoms with E-state index in [0.717, 1.165) is 13.0 Å². The van der Waals surface area contributed by atoms with Gasteiger partial charge in [0.15, 0.2) is 5.75 Å². The van der Waals surface area contributed by atoms with Crippen molar-refractivity contribution in [3.8, 4) is 11.5 Å². The van der Waals surface area contributed by atoms with Gasteiger partial charge < -0.3 is 15.8 Å². The Morgan fingerprint density at radius 3 is 2.42 bits per heavy atom. The number of hydrogen-bond donors (Lipinski definition) is 2. The van der Waals surface area contributed by atoms with Gasteiger partial charge in [-0.25, -0.2) is 9.97 Å². The topological polar surface area (TPSA) is 73.1 Å². The number of nitrogens with zero attached hydrogens (tertiary/aromatic N) is 2. The van der Waals surface area contributed by atoms with Crippen LogP contribution in [0.25, 0.3) is 0 Å². The lowest BCUT2D eigenvalue weighted by Gasteiger charge is -2.06. The Hall–Kier alpha value is -1.85. The monoisotopic (exact) mass is 278 g/mol. The second-order valence-corrected chi connectivity index (χ2v) is 4.30. The van der Waals surface area contributed by atoms with Crippen LogP contribution in [0.2, 0.25) is 5.02 Å². The van der Waals surface area contributed by atoms with E-state index >= 15 is 0 Å². The first-order chi connectivity index (χ1) is 9.28. The van der Waals surface area contributed by atoms with E-state index in [9.17, 15) is 0 Å². The smallest absolute Gasteiger partial charge is 0.222 e. The maximum atomic E-state index is 5.80. The van der Waals surface area contributed by atoms with E-state index in [1.165, 1.54) is 0 Å². The second-order valence-electron chi connectivity index (χ2n) is 3.87. The highest BCUT2D eigenvalue weighted by Gasteiger charge is 2.00. The Bertz CT molecular complexity index is 501. The fourth-order valence-corrected chi connectivity index (χ4v) is 1.53. The third kappa shape index (κ3) is 4.39. The van der Waals surface area contributed by atoms with Crippen molar-refractivity contribution in [2.24, 2.45) is 5.73 Å². The van der Waals surface area contributed by atoms with Crippen molar-refractivity contribution in [1.29, 1.82) is 0 Å². The number of hydrogen-bond acceptors (Lipinski definition) is 5. The molecule has 0 bridgehead atoms. The van der Waals surface area contributed by atoms with Gasteiger partial charge in [-0.15, -0.1) is 0 Å². The zero-order valence-corrected chi connectivity index (χ0v) is 11.1. The molecule has 3 N–H and O–H groups in total. The van der Waals surface area contributed by atoms with Crippen molar-refractivity contribution >= 4 is 17.5 Å². The molecule has 1 aromatic carbocycles. The van der Waals surface area contributed by atoms with E-state index in [1.54, 1.807) is 36.7 Å². The quantitative estimate of drug-likeness (QED) is 0.795. The molecule has 0 aliphatic carbocycles. The number of ether oxygens (including phenoxy) is 1. The molecule has 100 valence electrons. The van der Waals surface area contributed by atoms with E-state index in [4.69, 9.17) is 22.1 Å². The molecule has 2 aromatic rings. The fraction of sp³-hybridized carbons (Fsp3) is 0.231. The summed E-state index contributed by atoms with van der Waals surface area (Å²) in [7, 11) is 0. The molecule has 0 radical (unpaired) electrons. The van der Waals surface area contributed by atoms with Crippen LogP contribution < -0.4 is 15.8 Å². The lowest BCUT2D eigenvalue weighted by molar-refractivity contribution is 0.477. The summed E-state index contributed by atoms with van der Waals surface area (Å²) in [6.07, 6.45) is 4.12. The first-order valence-electron chi connectivity index (χ1n) is 5.97. The molecule has 0 saturated carbocycles. The molecule has 19 heavy (non-hydrogen) atoms. The maximum Gasteiger partial charge on any atom is 0.222 e. The van der Waals surface area contributed by atoms with Crippen molar-refractivity contribution in [3.05, 3.63) is 41.7 Å². The molecule has 0 saturated heterocycles. The predicted molar refractivity (Wildman–Crippen MR) is 75.7 cm³/mol. The van der Waals surface area contributed by atoms with Gasteiger partial charge in [-0.05, 0) is 37.2 Å². The summed E-state index contributed by atoms with van der Waals surface area (Å²) in [5, 5.41) is 3.74. The van der Waals surface area contributed by atoms with Crippen LogP contribution >= 0.6 is 11.6 Å². The van der Waals surface area contributed by atoms with Crippen LogP contribution in [0.15, 0.2) is 36.7 Å². The normalized spacial score (nSPS) is 10.2. The molecule has 5 nitrogen and oxygen atoms in total. The van der Waals surface area contributed by atoms with Gasteiger partial charge in [-0.2, -0.15) is 0 Å². The molecule has 2 rings (SSSR count). The Morgan fingerprint density at radius 2 is 1.79 bits per heavy atom. The lowest BCUT2D eigenvalue weighted by Crippen LogP contribution is -2.10. The van der Waals surface area contributed by atoms with Crippen molar-refractivity contribution in [2.75, 3.05) is 18.4 Å². The van der Waals surface area contributed by atoms with Gasteiger partial charge in [0, 0.05) is 11.6 Å². The third-order valence-electron chi connectivity index (χ3n) is 2.34. The molecule has 0 fully saturated rings. The number of benzene rings is 1. The summed E-state index contributed by atoms with van der Waals surface area (Å²) in [6, 6.07) is 7.10. The molecule has 0 unspecified atom stereocenters. The van der Waals surface area contributed by atoms with E-state index in [0.29, 0.717) is 29.0 Å². The van der Waals surface area contributed by atoms with E-state index in [2.05, 4.69) is 15.3 Å². The molecular formula is C13H15ClN4O. The SMILES string of the molecule is NCCCNc1ncc(Oc2ccc(Cl)cc2)cn1. The van der Waals surface area contributed by atoms with Gasteiger partial charge in [0.05, 0.1) is 12.4 Å². The molecule has 1 aromatic heterocycles. The highest BCUT2D eigenvalue weighted by molar-refractivity contribution is 6.30. The zero-order valence-electron chi connectivity index (χ0n) is 10.3. The number of nitrogens with one attached hydrogen (secondary N) is 1. The van der Waals surface area contributed by atoms with Gasteiger partial charge in [0.25, 0.3) is 0 Å². The molecule has 0 spiro atoms. The minimum Gasteiger partial charge on any atom is -0.454 e. The Labute approximate surface area is 116 Å². The second kappa shape index (κ2) is 6.92. The number of aromatic nitrogens is 2. The number of rotatable bonds is 6. The van der Waals surface area contributed by atoms with Crippen LogP contribution in [0, 0.1) is 0 Å². The standard InChI is InChI=1S/C13H15ClN4O/c14-10-2-4-11(5-3-10)19-12-8-17-13(18-9-12)16-7-1-6-15/h2-5,8-9H,1,6-7,15H2,(H,16,17,18). The van der Waals surface area contributed by atoms with E-state index in [1.807, 2.05) is 0 Å². The molecule has 0 aliphatic rings. The highest BCUT2D eigenvalue weighted by atomic mass is 35.5. The number of nitrogens with two attached hydrogens (primary N) is 1. The first-order valence-corrected chi connectivity index (χ1v) is 6.35. The fourth-order valence-electron chi connectivity index (χ4n) is 1.40. The molecule has 0 aliphatic heterocycles. The number of halogens is 1. The van der Waals surface area contributed by atoms with Crippen LogP contribution in [0.1, 0.15) is 6.42 Å². The Morgan fingerprint density at radius 1 is 1.11 bits per heavy atom. The number of anilines is 1. The van der Waals surface area contributed by atoms with Crippen LogP contribution in [0.4, 0.5) is 5.95 Å². The maximum absolute atomic E-state index is 5.80. The predicted octanol–water partition coefficient (Wildman–Crippen LogP) is 2.68. The largest absolute Gasteiger partial charge is 0.454 e. The highest BCUT2D eigenvalue weighted by Crippen LogP contribution is 2.22. The van der Waals surface area contributed by atoms with Crippen molar-refractivity contribution in [2.45, 2.75) is 6.42 Å². The van der Waals surface area contributed by atoms with Crippen LogP contribution in [0.3, 0.4) is 0 Å². The summed E-state index contributed by atoms with van der Waals surface area (Å²) in [5.74, 6) is 1.83. The van der Waals surface area contributed by atoms with Gasteiger partial charge in [-0.1, -0.05) is 11.6 Å². The van der Waals surface area contributed by atoms with Crippen LogP contribution in [0.5, 0.6) is 11.5 Å². The van der Waals surface area contributed by atoms with Crippen molar-refractivity contribution < 1.29 is 4.74 Å². The van der Waals surface area contributed by atoms with Gasteiger partial charge in [0.1, 0.15) is 5.75 Å².